The van der Waals surface area contributed by atoms with Gasteiger partial charge in [-0.1, -0.05) is 0 Å². The molecule has 2 fully saturated rings. The topological polar surface area (TPSA) is 53.9 Å². The second kappa shape index (κ2) is 5.26. The lowest BCUT2D eigenvalue weighted by Crippen LogP contribution is -2.37. The van der Waals surface area contributed by atoms with E-state index >= 15 is 0 Å². The van der Waals surface area contributed by atoms with Gasteiger partial charge in [0.05, 0.1) is 0 Å². The molecule has 0 bridgehead atoms. The van der Waals surface area contributed by atoms with Gasteiger partial charge in [-0.2, -0.15) is 5.10 Å². The van der Waals surface area contributed by atoms with Crippen LogP contribution in [0.4, 0.5) is 4.79 Å². The predicted octanol–water partition coefficient (Wildman–Crippen LogP) is 2.13. The number of piperidine rings is 1. The molecule has 102 valence electrons. The van der Waals surface area contributed by atoms with Crippen LogP contribution in [0.15, 0.2) is 5.10 Å². The van der Waals surface area contributed by atoms with Gasteiger partial charge in [0.15, 0.2) is 0 Å². The Kier molecular flexibility index (Phi) is 3.90. The molecule has 5 heteroatoms. The van der Waals surface area contributed by atoms with Gasteiger partial charge in [-0.05, 0) is 33.6 Å². The third-order valence-electron chi connectivity index (χ3n) is 3.14. The van der Waals surface area contributed by atoms with Crippen molar-refractivity contribution >= 4 is 11.8 Å². The zero-order valence-corrected chi connectivity index (χ0v) is 11.5. The summed E-state index contributed by atoms with van der Waals surface area (Å²) in [5, 5.41) is 4.15. The number of hydrogen-bond donors (Lipinski definition) is 1. The van der Waals surface area contributed by atoms with Crippen LogP contribution in [0.3, 0.4) is 0 Å². The summed E-state index contributed by atoms with van der Waals surface area (Å²) in [7, 11) is 0. The number of hydrogen-bond acceptors (Lipinski definition) is 4. The molecule has 1 N–H and O–H groups in total. The van der Waals surface area contributed by atoms with Gasteiger partial charge < -0.3 is 4.74 Å². The van der Waals surface area contributed by atoms with E-state index in [1.54, 1.807) is 0 Å². The maximum absolute atomic E-state index is 11.4. The van der Waals surface area contributed by atoms with Crippen LogP contribution in [0.25, 0.3) is 0 Å². The summed E-state index contributed by atoms with van der Waals surface area (Å²) in [4.78, 5) is 14.0. The fourth-order valence-corrected chi connectivity index (χ4v) is 2.12. The van der Waals surface area contributed by atoms with Gasteiger partial charge in [0, 0.05) is 37.7 Å². The number of carbonyl (C=O) groups excluding carboxylic acids is 1. The Morgan fingerprint density at radius 2 is 1.94 bits per heavy atom. The summed E-state index contributed by atoms with van der Waals surface area (Å²) in [6.07, 6.45) is 4.13. The predicted molar refractivity (Wildman–Crippen MR) is 70.6 cm³/mol. The maximum atomic E-state index is 11.4. The zero-order valence-electron chi connectivity index (χ0n) is 11.5. The lowest BCUT2D eigenvalue weighted by Gasteiger charge is -2.27. The molecule has 5 nitrogen and oxygen atoms in total. The molecule has 1 aliphatic carbocycles. The Labute approximate surface area is 109 Å². The number of amides is 1. The highest BCUT2D eigenvalue weighted by atomic mass is 16.6. The lowest BCUT2D eigenvalue weighted by molar-refractivity contribution is 0.0528. The highest BCUT2D eigenvalue weighted by Crippen LogP contribution is 2.28. The highest BCUT2D eigenvalue weighted by molar-refractivity contribution is 5.86. The fourth-order valence-electron chi connectivity index (χ4n) is 2.12. The van der Waals surface area contributed by atoms with E-state index in [0.717, 1.165) is 37.7 Å². The first-order valence-electron chi connectivity index (χ1n) is 6.72. The van der Waals surface area contributed by atoms with Gasteiger partial charge >= 0.3 is 6.09 Å². The molecule has 1 amide bonds. The molecule has 1 saturated heterocycles. The molecule has 2 aliphatic rings. The summed E-state index contributed by atoms with van der Waals surface area (Å²) in [5.41, 5.74) is 3.07. The van der Waals surface area contributed by atoms with E-state index in [-0.39, 0.29) is 0 Å². The lowest BCUT2D eigenvalue weighted by atomic mass is 10.1. The molecule has 0 aromatic carbocycles. The van der Waals surface area contributed by atoms with Crippen LogP contribution < -0.4 is 5.43 Å². The second-order valence-electron chi connectivity index (χ2n) is 6.06. The van der Waals surface area contributed by atoms with Crippen molar-refractivity contribution in [2.24, 2.45) is 5.10 Å². The molecule has 2 rings (SSSR count). The minimum atomic E-state index is -0.473. The first-order chi connectivity index (χ1) is 8.44. The largest absolute Gasteiger partial charge is 0.443 e. The van der Waals surface area contributed by atoms with Crippen LogP contribution in [0.5, 0.6) is 0 Å². The SMILES string of the molecule is CC(C)(C)OC(=O)NN=C1CCN(C2CC2)CC1. The first-order valence-corrected chi connectivity index (χ1v) is 6.72. The molecular formula is C13H23N3O2. The molecule has 1 saturated carbocycles. The molecule has 0 aromatic heterocycles. The Balaban J connectivity index is 1.72. The van der Waals surface area contributed by atoms with Crippen molar-refractivity contribution in [3.8, 4) is 0 Å². The highest BCUT2D eigenvalue weighted by Gasteiger charge is 2.30. The number of nitrogens with zero attached hydrogens (tertiary/aromatic N) is 2. The summed E-state index contributed by atoms with van der Waals surface area (Å²) in [6.45, 7) is 7.66. The standard InChI is InChI=1S/C13H23N3O2/c1-13(2,3)18-12(17)15-14-10-6-8-16(9-7-10)11-4-5-11/h11H,4-9H2,1-3H3,(H,15,17). The molecular weight excluding hydrogens is 230 g/mol. The van der Waals surface area contributed by atoms with Crippen molar-refractivity contribution in [2.75, 3.05) is 13.1 Å². The van der Waals surface area contributed by atoms with Crippen molar-refractivity contribution < 1.29 is 9.53 Å². The molecule has 1 aliphatic heterocycles. The summed E-state index contributed by atoms with van der Waals surface area (Å²) in [6, 6.07) is 0.824. The van der Waals surface area contributed by atoms with Gasteiger partial charge in [0.2, 0.25) is 0 Å². The minimum absolute atomic E-state index is 0.473. The quantitative estimate of drug-likeness (QED) is 0.767. The van der Waals surface area contributed by atoms with E-state index in [0.29, 0.717) is 0 Å². The number of likely N-dealkylation sites (tertiary alicyclic amines) is 1. The summed E-state index contributed by atoms with van der Waals surface area (Å²) < 4.78 is 5.13. The Bertz CT molecular complexity index is 333. The fraction of sp³-hybridized carbons (Fsp3) is 0.846. The third-order valence-corrected chi connectivity index (χ3v) is 3.14. The van der Waals surface area contributed by atoms with Crippen molar-refractivity contribution in [1.82, 2.24) is 10.3 Å². The van der Waals surface area contributed by atoms with Crippen LogP contribution in [-0.4, -0.2) is 41.4 Å². The normalized spacial score (nSPS) is 21.6. The number of ether oxygens (including phenoxy) is 1. The molecule has 0 atom stereocenters. The van der Waals surface area contributed by atoms with E-state index in [9.17, 15) is 4.79 Å². The van der Waals surface area contributed by atoms with Crippen molar-refractivity contribution in [1.29, 1.82) is 0 Å². The molecule has 18 heavy (non-hydrogen) atoms. The number of rotatable bonds is 2. The number of nitrogens with one attached hydrogen (secondary N) is 1. The average Bonchev–Trinajstić information content (AvgIpc) is 3.08. The number of carbonyl (C=O) groups is 1. The van der Waals surface area contributed by atoms with E-state index < -0.39 is 11.7 Å². The molecule has 0 spiro atoms. The van der Waals surface area contributed by atoms with Crippen molar-refractivity contribution in [3.05, 3.63) is 0 Å². The van der Waals surface area contributed by atoms with Crippen molar-refractivity contribution in [2.45, 2.75) is 58.1 Å². The molecule has 1 heterocycles. The van der Waals surface area contributed by atoms with Gasteiger partial charge in [-0.15, -0.1) is 0 Å². The van der Waals surface area contributed by atoms with E-state index in [4.69, 9.17) is 4.74 Å². The molecule has 0 aromatic rings. The van der Waals surface area contributed by atoms with Gasteiger partial charge in [-0.3, -0.25) is 4.90 Å². The average molecular weight is 253 g/mol. The Hall–Kier alpha value is -1.10. The van der Waals surface area contributed by atoms with Gasteiger partial charge in [0.1, 0.15) is 5.60 Å². The Morgan fingerprint density at radius 3 is 2.44 bits per heavy atom. The van der Waals surface area contributed by atoms with Gasteiger partial charge in [-0.25, -0.2) is 10.2 Å². The van der Waals surface area contributed by atoms with E-state index in [2.05, 4.69) is 15.4 Å². The number of hydrazone groups is 1. The van der Waals surface area contributed by atoms with Crippen LogP contribution in [-0.2, 0) is 4.74 Å². The molecule has 0 radical (unpaired) electrons. The zero-order chi connectivity index (χ0) is 13.2. The summed E-state index contributed by atoms with van der Waals surface area (Å²) >= 11 is 0. The van der Waals surface area contributed by atoms with Crippen LogP contribution in [0.1, 0.15) is 46.5 Å². The van der Waals surface area contributed by atoms with Gasteiger partial charge in [0.25, 0.3) is 0 Å². The molecule has 0 unspecified atom stereocenters. The van der Waals surface area contributed by atoms with Crippen LogP contribution >= 0.6 is 0 Å². The van der Waals surface area contributed by atoms with E-state index in [1.165, 1.54) is 12.8 Å². The maximum Gasteiger partial charge on any atom is 0.428 e. The van der Waals surface area contributed by atoms with Crippen LogP contribution in [0.2, 0.25) is 0 Å². The first kappa shape index (κ1) is 13.3. The third kappa shape index (κ3) is 4.29. The van der Waals surface area contributed by atoms with E-state index in [1.807, 2.05) is 20.8 Å². The minimum Gasteiger partial charge on any atom is -0.443 e. The monoisotopic (exact) mass is 253 g/mol. The van der Waals surface area contributed by atoms with Crippen molar-refractivity contribution in [3.63, 3.8) is 0 Å². The smallest absolute Gasteiger partial charge is 0.428 e. The Morgan fingerprint density at radius 1 is 1.33 bits per heavy atom. The summed E-state index contributed by atoms with van der Waals surface area (Å²) in [5.74, 6) is 0. The second-order valence-corrected chi connectivity index (χ2v) is 6.06. The van der Waals surface area contributed by atoms with Crippen LogP contribution in [0, 0.1) is 0 Å².